The van der Waals surface area contributed by atoms with Crippen LogP contribution in [0.1, 0.15) is 27.7 Å². The summed E-state index contributed by atoms with van der Waals surface area (Å²) in [6, 6.07) is 4.80. The third-order valence-electron chi connectivity index (χ3n) is 3.88. The van der Waals surface area contributed by atoms with Crippen LogP contribution in [0.3, 0.4) is 0 Å². The molecule has 1 aromatic rings. The number of rotatable bonds is 3. The number of ether oxygens (including phenoxy) is 1. The lowest BCUT2D eigenvalue weighted by Crippen LogP contribution is -2.41. The van der Waals surface area contributed by atoms with E-state index in [1.807, 2.05) is 27.7 Å². The fourth-order valence-corrected chi connectivity index (χ4v) is 2.15. The van der Waals surface area contributed by atoms with E-state index in [9.17, 15) is 4.39 Å². The number of benzene rings is 1. The van der Waals surface area contributed by atoms with Crippen molar-refractivity contribution in [3.63, 3.8) is 0 Å². The molecule has 0 unspecified atom stereocenters. The molecular weight excluding hydrogens is 295 g/mol. The second-order valence-corrected chi connectivity index (χ2v) is 6.19. The zero-order valence-electron chi connectivity index (χ0n) is 12.4. The largest absolute Gasteiger partial charge is 0.497 e. The van der Waals surface area contributed by atoms with Crippen LogP contribution in [0.15, 0.2) is 12.1 Å². The van der Waals surface area contributed by atoms with Crippen molar-refractivity contribution in [3.05, 3.63) is 23.0 Å². The summed E-state index contributed by atoms with van der Waals surface area (Å²) in [5.41, 5.74) is -0.915. The molecule has 4 nitrogen and oxygen atoms in total. The number of hydrogen-bond donors (Lipinski definition) is 0. The molecule has 0 aromatic heterocycles. The third-order valence-corrected chi connectivity index (χ3v) is 4.23. The van der Waals surface area contributed by atoms with Gasteiger partial charge in [0.15, 0.2) is 6.61 Å². The molecule has 1 fully saturated rings. The summed E-state index contributed by atoms with van der Waals surface area (Å²) in [7, 11) is -0.836. The lowest BCUT2D eigenvalue weighted by Gasteiger charge is -2.32. The Bertz CT molecular complexity index is 585. The molecule has 1 aliphatic heterocycles. The van der Waals surface area contributed by atoms with Crippen LogP contribution in [0, 0.1) is 17.1 Å². The Morgan fingerprint density at radius 3 is 2.38 bits per heavy atom. The maximum Gasteiger partial charge on any atom is 0.497 e. The molecule has 21 heavy (non-hydrogen) atoms. The van der Waals surface area contributed by atoms with Crippen LogP contribution in [-0.4, -0.2) is 24.9 Å². The highest BCUT2D eigenvalue weighted by molar-refractivity contribution is 6.62. The molecule has 0 radical (unpaired) electrons. The maximum atomic E-state index is 14.4. The van der Waals surface area contributed by atoms with Crippen LogP contribution in [-0.2, 0) is 9.31 Å². The average molecular weight is 312 g/mol. The Morgan fingerprint density at radius 2 is 1.86 bits per heavy atom. The van der Waals surface area contributed by atoms with E-state index in [1.54, 1.807) is 6.07 Å². The Balaban J connectivity index is 2.31. The van der Waals surface area contributed by atoms with Gasteiger partial charge in [0.1, 0.15) is 22.7 Å². The molecule has 0 saturated carbocycles. The first kappa shape index (κ1) is 16.1. The van der Waals surface area contributed by atoms with Gasteiger partial charge in [0.05, 0.1) is 11.2 Å². The lowest BCUT2D eigenvalue weighted by atomic mass is 9.78. The predicted molar refractivity (Wildman–Crippen MR) is 78.2 cm³/mol. The molecule has 0 amide bonds. The second-order valence-electron chi connectivity index (χ2n) is 5.82. The molecule has 0 spiro atoms. The summed E-state index contributed by atoms with van der Waals surface area (Å²) < 4.78 is 31.0. The normalized spacial score (nSPS) is 19.4. The first-order valence-corrected chi connectivity index (χ1v) is 6.90. The fraction of sp³-hybridized carbons (Fsp3) is 0.500. The first-order valence-electron chi connectivity index (χ1n) is 6.53. The lowest BCUT2D eigenvalue weighted by molar-refractivity contribution is 0.00578. The molecule has 0 aliphatic carbocycles. The van der Waals surface area contributed by atoms with Crippen LogP contribution < -0.4 is 10.2 Å². The summed E-state index contributed by atoms with van der Waals surface area (Å²) >= 11 is 5.93. The van der Waals surface area contributed by atoms with Gasteiger partial charge in [-0.2, -0.15) is 5.26 Å². The van der Waals surface area contributed by atoms with Crippen molar-refractivity contribution in [2.24, 2.45) is 0 Å². The van der Waals surface area contributed by atoms with Crippen molar-refractivity contribution in [1.82, 2.24) is 0 Å². The monoisotopic (exact) mass is 311 g/mol. The van der Waals surface area contributed by atoms with Crippen LogP contribution >= 0.6 is 11.6 Å². The molecule has 1 aliphatic rings. The zero-order valence-corrected chi connectivity index (χ0v) is 13.1. The summed E-state index contributed by atoms with van der Waals surface area (Å²) in [6.07, 6.45) is 0. The van der Waals surface area contributed by atoms with Gasteiger partial charge in [-0.05, 0) is 33.8 Å². The number of nitriles is 1. The number of hydrogen-bond acceptors (Lipinski definition) is 4. The van der Waals surface area contributed by atoms with Gasteiger partial charge < -0.3 is 14.0 Å². The van der Waals surface area contributed by atoms with Gasteiger partial charge in [-0.3, -0.25) is 0 Å². The van der Waals surface area contributed by atoms with E-state index in [-0.39, 0.29) is 22.8 Å². The van der Waals surface area contributed by atoms with E-state index < -0.39 is 24.1 Å². The molecular formula is C14H16BClFNO3. The van der Waals surface area contributed by atoms with E-state index in [2.05, 4.69) is 0 Å². The zero-order chi connectivity index (χ0) is 15.8. The minimum atomic E-state index is -0.836. The topological polar surface area (TPSA) is 51.5 Å². The van der Waals surface area contributed by atoms with Gasteiger partial charge in [0.25, 0.3) is 0 Å². The van der Waals surface area contributed by atoms with Crippen LogP contribution in [0.4, 0.5) is 4.39 Å². The molecule has 2 rings (SSSR count). The van der Waals surface area contributed by atoms with Crippen LogP contribution in [0.5, 0.6) is 5.75 Å². The minimum absolute atomic E-state index is 0.121. The van der Waals surface area contributed by atoms with E-state index >= 15 is 0 Å². The smallest absolute Gasteiger partial charge is 0.477 e. The number of halogens is 2. The SMILES string of the molecule is CC1(C)OB(c2ccc(OCC#N)c(Cl)c2F)OC1(C)C. The standard InChI is InChI=1S/C14H16BClFNO3/c1-13(2)14(3,4)21-15(20-13)9-5-6-10(19-8-7-18)11(16)12(9)17/h5-6H,8H2,1-4H3. The van der Waals surface area contributed by atoms with Crippen LogP contribution in [0.25, 0.3) is 0 Å². The summed E-state index contributed by atoms with van der Waals surface area (Å²) in [5.74, 6) is -0.540. The van der Waals surface area contributed by atoms with Gasteiger partial charge in [0, 0.05) is 5.46 Å². The van der Waals surface area contributed by atoms with Crippen molar-refractivity contribution < 1.29 is 18.4 Å². The molecule has 0 N–H and O–H groups in total. The Hall–Kier alpha value is -1.29. The Morgan fingerprint density at radius 1 is 1.29 bits per heavy atom. The maximum absolute atomic E-state index is 14.4. The van der Waals surface area contributed by atoms with Gasteiger partial charge in [-0.15, -0.1) is 0 Å². The Kier molecular flexibility index (Phi) is 4.20. The van der Waals surface area contributed by atoms with Gasteiger partial charge in [0.2, 0.25) is 0 Å². The molecule has 1 aromatic carbocycles. The molecule has 0 atom stereocenters. The second kappa shape index (κ2) is 5.49. The van der Waals surface area contributed by atoms with Crippen molar-refractivity contribution in [2.45, 2.75) is 38.9 Å². The molecule has 0 bridgehead atoms. The fourth-order valence-electron chi connectivity index (χ4n) is 1.92. The van der Waals surface area contributed by atoms with E-state index in [0.29, 0.717) is 0 Å². The summed E-state index contributed by atoms with van der Waals surface area (Å²) in [4.78, 5) is 0. The van der Waals surface area contributed by atoms with E-state index in [1.165, 1.54) is 12.1 Å². The molecule has 1 heterocycles. The first-order chi connectivity index (χ1) is 9.69. The van der Waals surface area contributed by atoms with Crippen molar-refractivity contribution in [1.29, 1.82) is 5.26 Å². The summed E-state index contributed by atoms with van der Waals surface area (Å²) in [5, 5.41) is 8.30. The van der Waals surface area contributed by atoms with E-state index in [0.717, 1.165) is 0 Å². The summed E-state index contributed by atoms with van der Waals surface area (Å²) in [6.45, 7) is 7.34. The van der Waals surface area contributed by atoms with E-state index in [4.69, 9.17) is 30.9 Å². The molecule has 1 saturated heterocycles. The average Bonchev–Trinajstić information content (AvgIpc) is 2.60. The van der Waals surface area contributed by atoms with Crippen molar-refractivity contribution in [3.8, 4) is 11.8 Å². The quantitative estimate of drug-likeness (QED) is 0.805. The third kappa shape index (κ3) is 2.87. The van der Waals surface area contributed by atoms with Crippen LogP contribution in [0.2, 0.25) is 5.02 Å². The molecule has 7 heteroatoms. The van der Waals surface area contributed by atoms with Gasteiger partial charge in [-0.25, -0.2) is 4.39 Å². The minimum Gasteiger partial charge on any atom is -0.477 e. The van der Waals surface area contributed by atoms with Crippen molar-refractivity contribution in [2.75, 3.05) is 6.61 Å². The highest BCUT2D eigenvalue weighted by Gasteiger charge is 2.52. The highest BCUT2D eigenvalue weighted by Crippen LogP contribution is 2.37. The van der Waals surface area contributed by atoms with Gasteiger partial charge >= 0.3 is 7.12 Å². The number of nitrogens with zero attached hydrogens (tertiary/aromatic N) is 1. The predicted octanol–water partition coefficient (Wildman–Crippen LogP) is 2.68. The van der Waals surface area contributed by atoms with Crippen molar-refractivity contribution >= 4 is 24.2 Å². The molecule has 112 valence electrons. The Labute approximate surface area is 128 Å². The highest BCUT2D eigenvalue weighted by atomic mass is 35.5. The van der Waals surface area contributed by atoms with Gasteiger partial charge in [-0.1, -0.05) is 17.7 Å².